The first-order chi connectivity index (χ1) is 11.2. The molecule has 2 aromatic carbocycles. The fourth-order valence-corrected chi connectivity index (χ4v) is 2.76. The van der Waals surface area contributed by atoms with E-state index in [1.54, 1.807) is 24.3 Å². The normalized spacial score (nSPS) is 23.6. The number of ether oxygens (including phenoxy) is 3. The van der Waals surface area contributed by atoms with Crippen molar-refractivity contribution in [3.05, 3.63) is 71.8 Å². The summed E-state index contributed by atoms with van der Waals surface area (Å²) in [6.07, 6.45) is -0.346. The number of benzene rings is 2. The summed E-state index contributed by atoms with van der Waals surface area (Å²) in [6.45, 7) is 0.447. The van der Waals surface area contributed by atoms with Gasteiger partial charge in [-0.1, -0.05) is 48.5 Å². The number of halogens is 1. The molecular formula is C18H17ClO4. The lowest BCUT2D eigenvalue weighted by atomic mass is 10.1. The highest BCUT2D eigenvalue weighted by Crippen LogP contribution is 2.35. The SMILES string of the molecule is O=C(OC[C@@H]1CO[C@@](CCl)(c2ccccc2)O1)c1ccccc1. The van der Waals surface area contributed by atoms with Gasteiger partial charge in [0.1, 0.15) is 12.7 Å². The molecule has 0 bridgehead atoms. The first-order valence-electron chi connectivity index (χ1n) is 7.39. The van der Waals surface area contributed by atoms with Gasteiger partial charge in [-0.25, -0.2) is 4.79 Å². The van der Waals surface area contributed by atoms with E-state index in [9.17, 15) is 4.79 Å². The van der Waals surface area contributed by atoms with E-state index in [-0.39, 0.29) is 24.6 Å². The molecule has 2 aromatic rings. The third-order valence-electron chi connectivity index (χ3n) is 3.66. The van der Waals surface area contributed by atoms with Crippen molar-refractivity contribution >= 4 is 17.6 Å². The van der Waals surface area contributed by atoms with E-state index in [0.717, 1.165) is 5.56 Å². The van der Waals surface area contributed by atoms with Crippen LogP contribution in [-0.4, -0.2) is 31.2 Å². The predicted molar refractivity (Wildman–Crippen MR) is 86.4 cm³/mol. The Morgan fingerprint density at radius 2 is 1.78 bits per heavy atom. The summed E-state index contributed by atoms with van der Waals surface area (Å²) in [7, 11) is 0. The molecule has 0 unspecified atom stereocenters. The molecule has 23 heavy (non-hydrogen) atoms. The van der Waals surface area contributed by atoms with Crippen molar-refractivity contribution < 1.29 is 19.0 Å². The van der Waals surface area contributed by atoms with Crippen molar-refractivity contribution in [1.29, 1.82) is 0 Å². The Labute approximate surface area is 139 Å². The van der Waals surface area contributed by atoms with E-state index in [4.69, 9.17) is 25.8 Å². The van der Waals surface area contributed by atoms with Crippen LogP contribution in [0.3, 0.4) is 0 Å². The van der Waals surface area contributed by atoms with Gasteiger partial charge in [0.05, 0.1) is 18.1 Å². The summed E-state index contributed by atoms with van der Waals surface area (Å²) in [5.74, 6) is -1.19. The summed E-state index contributed by atoms with van der Waals surface area (Å²) >= 11 is 6.07. The molecule has 4 nitrogen and oxygen atoms in total. The van der Waals surface area contributed by atoms with E-state index in [2.05, 4.69) is 0 Å². The van der Waals surface area contributed by atoms with Crippen molar-refractivity contribution in [2.45, 2.75) is 11.9 Å². The van der Waals surface area contributed by atoms with Crippen molar-refractivity contribution in [3.8, 4) is 0 Å². The lowest BCUT2D eigenvalue weighted by molar-refractivity contribution is -0.162. The van der Waals surface area contributed by atoms with Crippen molar-refractivity contribution in [1.82, 2.24) is 0 Å². The predicted octanol–water partition coefficient (Wildman–Crippen LogP) is 3.35. The fourth-order valence-electron chi connectivity index (χ4n) is 2.46. The van der Waals surface area contributed by atoms with Crippen LogP contribution in [0.25, 0.3) is 0 Å². The average Bonchev–Trinajstić information content (AvgIpc) is 3.06. The number of alkyl halides is 1. The summed E-state index contributed by atoms with van der Waals surface area (Å²) in [5.41, 5.74) is 1.37. The average molecular weight is 333 g/mol. The Bertz CT molecular complexity index is 647. The zero-order valence-corrected chi connectivity index (χ0v) is 13.2. The summed E-state index contributed by atoms with van der Waals surface area (Å²) in [5, 5.41) is 0. The Hall–Kier alpha value is -1.88. The molecule has 0 saturated carbocycles. The van der Waals surface area contributed by atoms with E-state index in [1.807, 2.05) is 36.4 Å². The van der Waals surface area contributed by atoms with Crippen molar-refractivity contribution in [3.63, 3.8) is 0 Å². The molecule has 1 aliphatic rings. The zero-order valence-electron chi connectivity index (χ0n) is 12.5. The second kappa shape index (κ2) is 7.13. The minimum absolute atomic E-state index is 0.124. The number of carbonyl (C=O) groups is 1. The second-order valence-corrected chi connectivity index (χ2v) is 5.54. The quantitative estimate of drug-likeness (QED) is 0.622. The van der Waals surface area contributed by atoms with Gasteiger partial charge in [-0.05, 0) is 12.1 Å². The molecular weight excluding hydrogens is 316 g/mol. The Kier molecular flexibility index (Phi) is 4.96. The number of esters is 1. The van der Waals surface area contributed by atoms with Gasteiger partial charge in [-0.15, -0.1) is 11.6 Å². The number of rotatable bonds is 5. The Morgan fingerprint density at radius 1 is 1.13 bits per heavy atom. The van der Waals surface area contributed by atoms with Crippen LogP contribution in [0.5, 0.6) is 0 Å². The van der Waals surface area contributed by atoms with Crippen LogP contribution in [0.2, 0.25) is 0 Å². The molecule has 1 heterocycles. The lowest BCUT2D eigenvalue weighted by Gasteiger charge is -2.26. The van der Waals surface area contributed by atoms with E-state index >= 15 is 0 Å². The molecule has 0 amide bonds. The number of hydrogen-bond acceptors (Lipinski definition) is 4. The summed E-state index contributed by atoms with van der Waals surface area (Å²) in [4.78, 5) is 12.0. The molecule has 0 radical (unpaired) electrons. The van der Waals surface area contributed by atoms with Crippen molar-refractivity contribution in [2.24, 2.45) is 0 Å². The van der Waals surface area contributed by atoms with Gasteiger partial charge in [-0.3, -0.25) is 0 Å². The molecule has 0 aromatic heterocycles. The first kappa shape index (κ1) is 16.0. The van der Waals surface area contributed by atoms with Crippen LogP contribution in [0, 0.1) is 0 Å². The highest BCUT2D eigenvalue weighted by atomic mass is 35.5. The van der Waals surface area contributed by atoms with Gasteiger partial charge >= 0.3 is 5.97 Å². The monoisotopic (exact) mass is 332 g/mol. The Balaban J connectivity index is 1.60. The number of carbonyl (C=O) groups excluding carboxylic acids is 1. The van der Waals surface area contributed by atoms with Crippen LogP contribution in [-0.2, 0) is 20.0 Å². The van der Waals surface area contributed by atoms with Crippen molar-refractivity contribution in [2.75, 3.05) is 19.1 Å². The van der Waals surface area contributed by atoms with E-state index in [1.165, 1.54) is 0 Å². The minimum Gasteiger partial charge on any atom is -0.459 e. The van der Waals surface area contributed by atoms with Gasteiger partial charge in [0, 0.05) is 5.56 Å². The van der Waals surface area contributed by atoms with Crippen LogP contribution in [0.15, 0.2) is 60.7 Å². The maximum Gasteiger partial charge on any atom is 0.338 e. The molecule has 1 fully saturated rings. The van der Waals surface area contributed by atoms with E-state index < -0.39 is 5.79 Å². The smallest absolute Gasteiger partial charge is 0.338 e. The fraction of sp³-hybridized carbons (Fsp3) is 0.278. The summed E-state index contributed by atoms with van der Waals surface area (Å²) < 4.78 is 17.0. The van der Waals surface area contributed by atoms with Gasteiger partial charge in [0.15, 0.2) is 0 Å². The molecule has 0 spiro atoms. The van der Waals surface area contributed by atoms with Gasteiger partial charge < -0.3 is 14.2 Å². The maximum absolute atomic E-state index is 12.0. The zero-order chi connectivity index (χ0) is 16.1. The third-order valence-corrected chi connectivity index (χ3v) is 4.01. The van der Waals surface area contributed by atoms with E-state index in [0.29, 0.717) is 12.2 Å². The lowest BCUT2D eigenvalue weighted by Crippen LogP contribution is -2.31. The molecule has 3 rings (SSSR count). The molecule has 1 saturated heterocycles. The molecule has 120 valence electrons. The van der Waals surface area contributed by atoms with Gasteiger partial charge in [0.25, 0.3) is 0 Å². The highest BCUT2D eigenvalue weighted by molar-refractivity contribution is 6.18. The maximum atomic E-state index is 12.0. The standard InChI is InChI=1S/C18H17ClO4/c19-13-18(15-9-5-2-6-10-15)22-12-16(23-18)11-21-17(20)14-7-3-1-4-8-14/h1-10,16H,11-13H2/t16-,18-/m1/s1. The van der Waals surface area contributed by atoms with Gasteiger partial charge in [0.2, 0.25) is 5.79 Å². The second-order valence-electron chi connectivity index (χ2n) is 5.27. The molecule has 0 N–H and O–H groups in total. The highest BCUT2D eigenvalue weighted by Gasteiger charge is 2.43. The van der Waals surface area contributed by atoms with Crippen LogP contribution in [0.1, 0.15) is 15.9 Å². The van der Waals surface area contributed by atoms with Crippen LogP contribution in [0.4, 0.5) is 0 Å². The largest absolute Gasteiger partial charge is 0.459 e. The molecule has 5 heteroatoms. The third kappa shape index (κ3) is 3.55. The topological polar surface area (TPSA) is 44.8 Å². The molecule has 2 atom stereocenters. The number of hydrogen-bond donors (Lipinski definition) is 0. The van der Waals surface area contributed by atoms with Crippen LogP contribution < -0.4 is 0 Å². The summed E-state index contributed by atoms with van der Waals surface area (Å²) in [6, 6.07) is 18.4. The molecule has 0 aliphatic carbocycles. The minimum atomic E-state index is -0.980. The molecule has 1 aliphatic heterocycles. The van der Waals surface area contributed by atoms with Gasteiger partial charge in [-0.2, -0.15) is 0 Å². The van der Waals surface area contributed by atoms with Crippen LogP contribution >= 0.6 is 11.6 Å². The first-order valence-corrected chi connectivity index (χ1v) is 7.92. The Morgan fingerprint density at radius 3 is 2.43 bits per heavy atom.